The van der Waals surface area contributed by atoms with Gasteiger partial charge in [0.05, 0.1) is 0 Å². The summed E-state index contributed by atoms with van der Waals surface area (Å²) >= 11 is 0. The Bertz CT molecular complexity index is 774. The second-order valence-electron chi connectivity index (χ2n) is 12.3. The predicted molar refractivity (Wildman–Crippen MR) is 173 cm³/mol. The third kappa shape index (κ3) is 16.0. The van der Waals surface area contributed by atoms with Crippen LogP contribution >= 0.6 is 0 Å². The Morgan fingerprint density at radius 1 is 0.395 bits per heavy atom. The van der Waals surface area contributed by atoms with Crippen molar-refractivity contribution in [3.63, 3.8) is 0 Å². The largest absolute Gasteiger partial charge is 0.0654 e. The van der Waals surface area contributed by atoms with E-state index in [1.165, 1.54) is 171 Å². The van der Waals surface area contributed by atoms with Gasteiger partial charge in [-0.2, -0.15) is 0 Å². The molecule has 0 N–H and O–H groups in total. The van der Waals surface area contributed by atoms with Gasteiger partial charge in [-0.05, 0) is 35.1 Å². The molecule has 0 heterocycles. The molecule has 0 nitrogen and oxygen atoms in total. The standard InChI is InChI=1S/C38H64/c1-3-5-6-7-8-9-10-11-12-13-14-15-16-17-18-19-20-21-22-23-24-25-29-35(28-4-2)38-33-32-36-30-26-27-31-37(36)34-38/h26-27,30-35H,3-25,28-29H2,1-2H3. The minimum Gasteiger partial charge on any atom is -0.0654 e. The Kier molecular flexibility index (Phi) is 20.4. The number of unbranched alkanes of at least 4 members (excludes halogenated alkanes) is 21. The molecular weight excluding hydrogens is 456 g/mol. The van der Waals surface area contributed by atoms with Crippen molar-refractivity contribution in [3.05, 3.63) is 48.0 Å². The predicted octanol–water partition coefficient (Wildman–Crippen LogP) is 13.7. The Morgan fingerprint density at radius 3 is 1.26 bits per heavy atom. The van der Waals surface area contributed by atoms with Gasteiger partial charge in [-0.3, -0.25) is 0 Å². The zero-order chi connectivity index (χ0) is 26.9. The van der Waals surface area contributed by atoms with Gasteiger partial charge in [0.1, 0.15) is 0 Å². The molecule has 0 heteroatoms. The van der Waals surface area contributed by atoms with E-state index < -0.39 is 0 Å². The van der Waals surface area contributed by atoms with Gasteiger partial charge in [-0.1, -0.05) is 204 Å². The molecule has 0 aromatic heterocycles. The topological polar surface area (TPSA) is 0 Å². The molecule has 2 aromatic rings. The minimum atomic E-state index is 0.745. The Labute approximate surface area is 238 Å². The molecule has 0 bridgehead atoms. The van der Waals surface area contributed by atoms with E-state index in [0.717, 1.165) is 5.92 Å². The van der Waals surface area contributed by atoms with Crippen molar-refractivity contribution in [1.29, 1.82) is 0 Å². The first kappa shape index (κ1) is 32.9. The summed E-state index contributed by atoms with van der Waals surface area (Å²) in [5, 5.41) is 2.77. The van der Waals surface area contributed by atoms with E-state index >= 15 is 0 Å². The van der Waals surface area contributed by atoms with Crippen LogP contribution < -0.4 is 0 Å². The first-order valence-electron chi connectivity index (χ1n) is 17.3. The summed E-state index contributed by atoms with van der Waals surface area (Å²) in [5.41, 5.74) is 1.56. The zero-order valence-electron chi connectivity index (χ0n) is 25.8. The molecule has 0 amide bonds. The molecule has 0 aliphatic rings. The van der Waals surface area contributed by atoms with Gasteiger partial charge in [0, 0.05) is 0 Å². The van der Waals surface area contributed by atoms with Gasteiger partial charge in [0.25, 0.3) is 0 Å². The lowest BCUT2D eigenvalue weighted by atomic mass is 9.88. The molecule has 38 heavy (non-hydrogen) atoms. The summed E-state index contributed by atoms with van der Waals surface area (Å²) in [5.74, 6) is 0.745. The number of fused-ring (bicyclic) bond motifs is 1. The third-order valence-electron chi connectivity index (χ3n) is 8.79. The Hall–Kier alpha value is -1.30. The average molecular weight is 521 g/mol. The molecule has 0 fully saturated rings. The molecule has 1 unspecified atom stereocenters. The van der Waals surface area contributed by atoms with Crippen LogP contribution in [0.2, 0.25) is 0 Å². The van der Waals surface area contributed by atoms with Gasteiger partial charge < -0.3 is 0 Å². The van der Waals surface area contributed by atoms with E-state index in [1.54, 1.807) is 5.56 Å². The quantitative estimate of drug-likeness (QED) is 0.108. The van der Waals surface area contributed by atoms with Gasteiger partial charge in [0.2, 0.25) is 0 Å². The fraction of sp³-hybridized carbons (Fsp3) is 0.737. The third-order valence-corrected chi connectivity index (χ3v) is 8.79. The molecule has 0 aliphatic carbocycles. The van der Waals surface area contributed by atoms with E-state index in [1.807, 2.05) is 0 Å². The summed E-state index contributed by atoms with van der Waals surface area (Å²) < 4.78 is 0. The molecular formula is C38H64. The summed E-state index contributed by atoms with van der Waals surface area (Å²) in [7, 11) is 0. The van der Waals surface area contributed by atoms with Crippen LogP contribution in [0.25, 0.3) is 10.8 Å². The Balaban J connectivity index is 1.34. The maximum atomic E-state index is 2.45. The molecule has 0 radical (unpaired) electrons. The minimum absolute atomic E-state index is 0.745. The Morgan fingerprint density at radius 2 is 0.816 bits per heavy atom. The van der Waals surface area contributed by atoms with Crippen molar-refractivity contribution in [2.75, 3.05) is 0 Å². The number of rotatable bonds is 26. The molecule has 2 rings (SSSR count). The highest BCUT2D eigenvalue weighted by Gasteiger charge is 2.11. The fourth-order valence-electron chi connectivity index (χ4n) is 6.29. The van der Waals surface area contributed by atoms with E-state index in [2.05, 4.69) is 56.3 Å². The normalized spacial score (nSPS) is 12.4. The highest BCUT2D eigenvalue weighted by molar-refractivity contribution is 5.83. The summed E-state index contributed by atoms with van der Waals surface area (Å²) in [4.78, 5) is 0. The lowest BCUT2D eigenvalue weighted by molar-refractivity contribution is 0.500. The van der Waals surface area contributed by atoms with Crippen molar-refractivity contribution in [1.82, 2.24) is 0 Å². The van der Waals surface area contributed by atoms with Crippen molar-refractivity contribution >= 4 is 10.8 Å². The second kappa shape index (κ2) is 23.6. The van der Waals surface area contributed by atoms with E-state index in [-0.39, 0.29) is 0 Å². The van der Waals surface area contributed by atoms with Crippen LogP contribution in [0.1, 0.15) is 186 Å². The number of benzene rings is 2. The van der Waals surface area contributed by atoms with Crippen LogP contribution in [0, 0.1) is 0 Å². The summed E-state index contributed by atoms with van der Waals surface area (Å²) in [6.07, 6.45) is 36.1. The van der Waals surface area contributed by atoms with Crippen molar-refractivity contribution < 1.29 is 0 Å². The van der Waals surface area contributed by atoms with Crippen molar-refractivity contribution in [3.8, 4) is 0 Å². The first-order chi connectivity index (χ1) is 18.8. The monoisotopic (exact) mass is 521 g/mol. The van der Waals surface area contributed by atoms with Crippen LogP contribution in [0.3, 0.4) is 0 Å². The van der Waals surface area contributed by atoms with Gasteiger partial charge >= 0.3 is 0 Å². The maximum Gasteiger partial charge on any atom is -0.0162 e. The SMILES string of the molecule is CCCCCCCCCCCCCCCCCCCCCCCCC(CCC)c1ccc2ccccc2c1. The molecule has 216 valence electrons. The molecule has 0 spiro atoms. The van der Waals surface area contributed by atoms with Crippen LogP contribution in [0.5, 0.6) is 0 Å². The van der Waals surface area contributed by atoms with E-state index in [9.17, 15) is 0 Å². The van der Waals surface area contributed by atoms with Crippen molar-refractivity contribution in [2.24, 2.45) is 0 Å². The molecule has 0 saturated carbocycles. The first-order valence-corrected chi connectivity index (χ1v) is 17.3. The van der Waals surface area contributed by atoms with Gasteiger partial charge in [0.15, 0.2) is 0 Å². The summed E-state index contributed by atoms with van der Waals surface area (Å²) in [6.45, 7) is 4.65. The highest BCUT2D eigenvalue weighted by atomic mass is 14.2. The average Bonchev–Trinajstić information content (AvgIpc) is 2.95. The highest BCUT2D eigenvalue weighted by Crippen LogP contribution is 2.30. The van der Waals surface area contributed by atoms with E-state index in [4.69, 9.17) is 0 Å². The van der Waals surface area contributed by atoms with E-state index in [0.29, 0.717) is 0 Å². The molecule has 0 aliphatic heterocycles. The maximum absolute atomic E-state index is 2.45. The van der Waals surface area contributed by atoms with Gasteiger partial charge in [-0.25, -0.2) is 0 Å². The van der Waals surface area contributed by atoms with Crippen LogP contribution in [-0.4, -0.2) is 0 Å². The zero-order valence-corrected chi connectivity index (χ0v) is 25.8. The van der Waals surface area contributed by atoms with Crippen molar-refractivity contribution in [2.45, 2.75) is 180 Å². The number of hydrogen-bond donors (Lipinski definition) is 0. The lowest BCUT2D eigenvalue weighted by Gasteiger charge is -2.17. The number of hydrogen-bond acceptors (Lipinski definition) is 0. The van der Waals surface area contributed by atoms with Crippen LogP contribution in [0.4, 0.5) is 0 Å². The molecule has 2 aromatic carbocycles. The smallest absolute Gasteiger partial charge is 0.0162 e. The second-order valence-corrected chi connectivity index (χ2v) is 12.3. The molecule has 0 saturated heterocycles. The summed E-state index contributed by atoms with van der Waals surface area (Å²) in [6, 6.07) is 16.0. The van der Waals surface area contributed by atoms with Crippen LogP contribution in [-0.2, 0) is 0 Å². The lowest BCUT2D eigenvalue weighted by Crippen LogP contribution is -1.99. The fourth-order valence-corrected chi connectivity index (χ4v) is 6.29. The van der Waals surface area contributed by atoms with Gasteiger partial charge in [-0.15, -0.1) is 0 Å². The molecule has 1 atom stereocenters. The van der Waals surface area contributed by atoms with Crippen LogP contribution in [0.15, 0.2) is 42.5 Å².